The first-order chi connectivity index (χ1) is 12.3. The zero-order chi connectivity index (χ0) is 18.7. The van der Waals surface area contributed by atoms with E-state index in [1.54, 1.807) is 12.2 Å². The molecule has 0 spiro atoms. The van der Waals surface area contributed by atoms with Crippen molar-refractivity contribution in [2.45, 2.75) is 59.0 Å². The predicted molar refractivity (Wildman–Crippen MR) is 98.1 cm³/mol. The number of rotatable bonds is 2. The maximum atomic E-state index is 12.5. The Hall–Kier alpha value is -1.42. The van der Waals surface area contributed by atoms with Crippen molar-refractivity contribution in [2.75, 3.05) is 6.61 Å². The molecular weight excluding hydrogens is 328 g/mol. The van der Waals surface area contributed by atoms with Gasteiger partial charge in [0.2, 0.25) is 0 Å². The molecule has 26 heavy (non-hydrogen) atoms. The van der Waals surface area contributed by atoms with Gasteiger partial charge in [-0.25, -0.2) is 0 Å². The molecule has 4 heteroatoms. The first-order valence-electron chi connectivity index (χ1n) is 10.1. The van der Waals surface area contributed by atoms with Crippen LogP contribution in [-0.2, 0) is 14.3 Å². The Balaban J connectivity index is 1.68. The molecule has 0 unspecified atom stereocenters. The molecule has 4 aliphatic carbocycles. The second kappa shape index (κ2) is 6.05. The summed E-state index contributed by atoms with van der Waals surface area (Å²) in [4.78, 5) is 24.4. The number of esters is 1. The molecule has 4 rings (SSSR count). The van der Waals surface area contributed by atoms with Crippen molar-refractivity contribution < 1.29 is 19.4 Å². The summed E-state index contributed by atoms with van der Waals surface area (Å²) in [6.07, 6.45) is 9.49. The van der Waals surface area contributed by atoms with E-state index in [9.17, 15) is 14.7 Å². The van der Waals surface area contributed by atoms with Crippen molar-refractivity contribution in [3.8, 4) is 0 Å². The van der Waals surface area contributed by atoms with E-state index < -0.39 is 6.10 Å². The van der Waals surface area contributed by atoms with Crippen LogP contribution in [0.4, 0.5) is 0 Å². The van der Waals surface area contributed by atoms with Gasteiger partial charge in [0.05, 0.1) is 18.6 Å². The van der Waals surface area contributed by atoms with Crippen LogP contribution in [0.2, 0.25) is 0 Å². The van der Waals surface area contributed by atoms with Gasteiger partial charge in [-0.1, -0.05) is 25.5 Å². The number of hydrogen-bond donors (Lipinski definition) is 1. The summed E-state index contributed by atoms with van der Waals surface area (Å²) in [5, 5.41) is 11.2. The van der Waals surface area contributed by atoms with Gasteiger partial charge in [-0.15, -0.1) is 0 Å². The Bertz CT molecular complexity index is 692. The van der Waals surface area contributed by atoms with Crippen molar-refractivity contribution >= 4 is 11.8 Å². The predicted octanol–water partition coefficient (Wildman–Crippen LogP) is 3.44. The molecule has 0 saturated heterocycles. The van der Waals surface area contributed by atoms with Gasteiger partial charge in [0, 0.05) is 11.3 Å². The van der Waals surface area contributed by atoms with Crippen LogP contribution in [0.5, 0.6) is 0 Å². The van der Waals surface area contributed by atoms with Gasteiger partial charge in [-0.05, 0) is 68.4 Å². The third-order valence-electron chi connectivity index (χ3n) is 8.06. The summed E-state index contributed by atoms with van der Waals surface area (Å²) < 4.78 is 5.35. The lowest BCUT2D eigenvalue weighted by molar-refractivity contribution is -0.160. The van der Waals surface area contributed by atoms with Gasteiger partial charge >= 0.3 is 5.97 Å². The summed E-state index contributed by atoms with van der Waals surface area (Å²) in [6, 6.07) is 0. The number of ether oxygens (including phenoxy) is 1. The fourth-order valence-electron chi connectivity index (χ4n) is 6.96. The Morgan fingerprint density at radius 1 is 1.31 bits per heavy atom. The number of carbonyl (C=O) groups is 2. The lowest BCUT2D eigenvalue weighted by Crippen LogP contribution is -2.56. The minimum atomic E-state index is -0.456. The van der Waals surface area contributed by atoms with Gasteiger partial charge in [-0.3, -0.25) is 9.59 Å². The van der Waals surface area contributed by atoms with E-state index in [1.165, 1.54) is 5.57 Å². The van der Waals surface area contributed by atoms with Crippen molar-refractivity contribution in [3.05, 3.63) is 23.8 Å². The monoisotopic (exact) mass is 358 g/mol. The standard InChI is InChI=1S/C22H30O4/c1-4-26-20(25)17-8-7-16-15-6-5-13-11-14(23)9-10-21(13,2)19(15)18(24)12-22(16,17)3/h9-11,15-19,24H,4-8,12H2,1-3H3/t15-,16-,17+,18-,19+,21-,22-/m0/s1. The Labute approximate surface area is 155 Å². The SMILES string of the molecule is CCOC(=O)[C@H]1CC[C@H]2[C@@H]3CCC4=CC(=O)C=C[C@]4(C)[C@H]3[C@@H](O)C[C@]12C. The highest BCUT2D eigenvalue weighted by molar-refractivity contribution is 6.01. The topological polar surface area (TPSA) is 63.6 Å². The van der Waals surface area contributed by atoms with Crippen LogP contribution in [0.3, 0.4) is 0 Å². The Kier molecular flexibility index (Phi) is 4.18. The minimum absolute atomic E-state index is 0.0642. The van der Waals surface area contributed by atoms with Crippen molar-refractivity contribution in [1.29, 1.82) is 0 Å². The largest absolute Gasteiger partial charge is 0.466 e. The molecule has 0 aromatic rings. The number of ketones is 1. The number of allylic oxidation sites excluding steroid dienone is 4. The van der Waals surface area contributed by atoms with Crippen LogP contribution in [0.1, 0.15) is 52.9 Å². The lowest BCUT2D eigenvalue weighted by atomic mass is 9.47. The molecule has 142 valence electrons. The fourth-order valence-corrected chi connectivity index (χ4v) is 6.96. The second-order valence-electron chi connectivity index (χ2n) is 9.18. The van der Waals surface area contributed by atoms with Crippen molar-refractivity contribution in [2.24, 2.45) is 34.5 Å². The molecule has 3 saturated carbocycles. The molecule has 3 fully saturated rings. The fraction of sp³-hybridized carbons (Fsp3) is 0.727. The van der Waals surface area contributed by atoms with E-state index in [2.05, 4.69) is 13.8 Å². The normalized spacial score (nSPS) is 46.8. The van der Waals surface area contributed by atoms with Gasteiger partial charge in [-0.2, -0.15) is 0 Å². The maximum absolute atomic E-state index is 12.5. The number of hydrogen-bond acceptors (Lipinski definition) is 4. The first kappa shape index (κ1) is 18.0. The first-order valence-corrected chi connectivity index (χ1v) is 10.1. The summed E-state index contributed by atoms with van der Waals surface area (Å²) >= 11 is 0. The van der Waals surface area contributed by atoms with Crippen LogP contribution in [-0.4, -0.2) is 29.6 Å². The summed E-state index contributed by atoms with van der Waals surface area (Å²) in [7, 11) is 0. The molecule has 0 aromatic carbocycles. The number of fused-ring (bicyclic) bond motifs is 5. The van der Waals surface area contributed by atoms with Gasteiger partial charge in [0.1, 0.15) is 0 Å². The molecule has 4 nitrogen and oxygen atoms in total. The zero-order valence-corrected chi connectivity index (χ0v) is 16.0. The lowest BCUT2D eigenvalue weighted by Gasteiger charge is -2.58. The molecule has 0 bridgehead atoms. The number of carbonyl (C=O) groups excluding carboxylic acids is 2. The highest BCUT2D eigenvalue weighted by atomic mass is 16.5. The number of aliphatic hydroxyl groups is 1. The average Bonchev–Trinajstić information content (AvgIpc) is 2.92. The average molecular weight is 358 g/mol. The smallest absolute Gasteiger partial charge is 0.309 e. The molecule has 0 aromatic heterocycles. The van der Waals surface area contributed by atoms with Gasteiger partial charge < -0.3 is 9.84 Å². The van der Waals surface area contributed by atoms with E-state index >= 15 is 0 Å². The maximum Gasteiger partial charge on any atom is 0.309 e. The third kappa shape index (κ3) is 2.37. The van der Waals surface area contributed by atoms with Crippen LogP contribution in [0.15, 0.2) is 23.8 Å². The van der Waals surface area contributed by atoms with E-state index in [-0.39, 0.29) is 34.4 Å². The van der Waals surface area contributed by atoms with Gasteiger partial charge in [0.15, 0.2) is 5.78 Å². The molecule has 0 heterocycles. The Morgan fingerprint density at radius 3 is 2.81 bits per heavy atom. The summed E-state index contributed by atoms with van der Waals surface area (Å²) in [5.41, 5.74) is 0.756. The van der Waals surface area contributed by atoms with Crippen LogP contribution < -0.4 is 0 Å². The van der Waals surface area contributed by atoms with Crippen LogP contribution in [0.25, 0.3) is 0 Å². The Morgan fingerprint density at radius 2 is 2.08 bits per heavy atom. The second-order valence-corrected chi connectivity index (χ2v) is 9.18. The molecule has 7 atom stereocenters. The van der Waals surface area contributed by atoms with E-state index in [0.717, 1.165) is 25.7 Å². The quantitative estimate of drug-likeness (QED) is 0.768. The molecule has 4 aliphatic rings. The molecule has 0 amide bonds. The highest BCUT2D eigenvalue weighted by Crippen LogP contribution is 2.66. The highest BCUT2D eigenvalue weighted by Gasteiger charge is 2.62. The molecule has 0 aliphatic heterocycles. The summed E-state index contributed by atoms with van der Waals surface area (Å²) in [6.45, 7) is 6.64. The molecular formula is C22H30O4. The van der Waals surface area contributed by atoms with Crippen LogP contribution in [0, 0.1) is 34.5 Å². The van der Waals surface area contributed by atoms with E-state index in [1.807, 2.05) is 13.0 Å². The van der Waals surface area contributed by atoms with Crippen molar-refractivity contribution in [1.82, 2.24) is 0 Å². The van der Waals surface area contributed by atoms with E-state index in [4.69, 9.17) is 4.74 Å². The zero-order valence-electron chi connectivity index (χ0n) is 16.0. The van der Waals surface area contributed by atoms with Crippen LogP contribution >= 0.6 is 0 Å². The molecule has 0 radical (unpaired) electrons. The van der Waals surface area contributed by atoms with Gasteiger partial charge in [0.25, 0.3) is 0 Å². The van der Waals surface area contributed by atoms with Crippen molar-refractivity contribution in [3.63, 3.8) is 0 Å². The summed E-state index contributed by atoms with van der Waals surface area (Å²) in [5.74, 6) is 0.836. The minimum Gasteiger partial charge on any atom is -0.466 e. The third-order valence-corrected chi connectivity index (χ3v) is 8.06. The van der Waals surface area contributed by atoms with E-state index in [0.29, 0.717) is 24.9 Å². The molecule has 1 N–H and O–H groups in total. The number of aliphatic hydroxyl groups excluding tert-OH is 1.